The van der Waals surface area contributed by atoms with E-state index in [1.807, 2.05) is 0 Å². The molecular weight excluding hydrogens is 328 g/mol. The SMILES string of the molecule is CC(C)C[C@H](C(=O)O)C(F)(F)[C@@H](O)[C@H](N)CC1CCCCC1.Cl. The van der Waals surface area contributed by atoms with Crippen LogP contribution in [0, 0.1) is 17.8 Å². The summed E-state index contributed by atoms with van der Waals surface area (Å²) < 4.78 is 28.8. The van der Waals surface area contributed by atoms with Gasteiger partial charge in [-0.25, -0.2) is 8.78 Å². The number of aliphatic hydroxyl groups is 1. The standard InChI is InChI=1S/C16H29F2NO3.ClH/c1-10(2)8-12(15(21)22)16(17,18)14(20)13(19)9-11-6-4-3-5-7-11;/h10-14,20H,3-9,19H2,1-2H3,(H,21,22);1H/t12-,13-,14+;/m1./s1. The van der Waals surface area contributed by atoms with Gasteiger partial charge in [-0.15, -0.1) is 12.4 Å². The van der Waals surface area contributed by atoms with Crippen LogP contribution >= 0.6 is 12.4 Å². The van der Waals surface area contributed by atoms with Crippen molar-refractivity contribution in [2.45, 2.75) is 76.9 Å². The summed E-state index contributed by atoms with van der Waals surface area (Å²) in [6, 6.07) is -1.09. The zero-order chi connectivity index (χ0) is 16.9. The minimum Gasteiger partial charge on any atom is -0.481 e. The molecule has 0 radical (unpaired) electrons. The van der Waals surface area contributed by atoms with E-state index >= 15 is 0 Å². The Bertz CT molecular complexity index is 363. The zero-order valence-corrected chi connectivity index (χ0v) is 14.7. The van der Waals surface area contributed by atoms with Crippen molar-refractivity contribution in [1.82, 2.24) is 0 Å². The number of nitrogens with two attached hydrogens (primary N) is 1. The van der Waals surface area contributed by atoms with Crippen LogP contribution in [0.15, 0.2) is 0 Å². The third-order valence-electron chi connectivity index (χ3n) is 4.60. The maximum atomic E-state index is 14.4. The number of aliphatic hydroxyl groups excluding tert-OH is 1. The minimum atomic E-state index is -3.72. The van der Waals surface area contributed by atoms with Gasteiger partial charge >= 0.3 is 5.97 Å². The van der Waals surface area contributed by atoms with Crippen molar-refractivity contribution in [3.05, 3.63) is 0 Å². The fraction of sp³-hybridized carbons (Fsp3) is 0.938. The lowest BCUT2D eigenvalue weighted by atomic mass is 9.80. The van der Waals surface area contributed by atoms with Crippen LogP contribution in [0.2, 0.25) is 0 Å². The Kier molecular flexibility index (Phi) is 9.55. The minimum absolute atomic E-state index is 0. The maximum absolute atomic E-state index is 14.4. The summed E-state index contributed by atoms with van der Waals surface area (Å²) in [6.45, 7) is 3.36. The second kappa shape index (κ2) is 9.74. The Morgan fingerprint density at radius 2 is 1.78 bits per heavy atom. The number of carboxylic acids is 1. The van der Waals surface area contributed by atoms with Crippen LogP contribution < -0.4 is 5.73 Å². The molecule has 4 nitrogen and oxygen atoms in total. The highest BCUT2D eigenvalue weighted by molar-refractivity contribution is 5.85. The highest BCUT2D eigenvalue weighted by Gasteiger charge is 2.52. The van der Waals surface area contributed by atoms with Gasteiger partial charge in [0, 0.05) is 6.04 Å². The van der Waals surface area contributed by atoms with E-state index in [1.54, 1.807) is 13.8 Å². The first-order chi connectivity index (χ1) is 10.2. The fourth-order valence-corrected chi connectivity index (χ4v) is 3.32. The molecule has 0 aliphatic heterocycles. The lowest BCUT2D eigenvalue weighted by molar-refractivity contribution is -0.184. The molecule has 3 atom stereocenters. The van der Waals surface area contributed by atoms with Crippen LogP contribution in [0.25, 0.3) is 0 Å². The molecule has 138 valence electrons. The topological polar surface area (TPSA) is 83.5 Å². The molecule has 0 saturated heterocycles. The molecule has 0 aromatic heterocycles. The van der Waals surface area contributed by atoms with Crippen molar-refractivity contribution in [2.75, 3.05) is 0 Å². The van der Waals surface area contributed by atoms with Crippen LogP contribution in [0.5, 0.6) is 0 Å². The molecule has 23 heavy (non-hydrogen) atoms. The van der Waals surface area contributed by atoms with E-state index < -0.39 is 30.0 Å². The van der Waals surface area contributed by atoms with Gasteiger partial charge in [-0.3, -0.25) is 4.79 Å². The highest BCUT2D eigenvalue weighted by Crippen LogP contribution is 2.36. The largest absolute Gasteiger partial charge is 0.481 e. The van der Waals surface area contributed by atoms with Gasteiger partial charge in [0.15, 0.2) is 0 Å². The van der Waals surface area contributed by atoms with Crippen molar-refractivity contribution in [2.24, 2.45) is 23.5 Å². The van der Waals surface area contributed by atoms with E-state index in [0.29, 0.717) is 6.42 Å². The number of aliphatic carboxylic acids is 1. The first-order valence-electron chi connectivity index (χ1n) is 8.20. The Labute approximate surface area is 143 Å². The normalized spacial score (nSPS) is 20.7. The van der Waals surface area contributed by atoms with E-state index in [2.05, 4.69) is 0 Å². The predicted octanol–water partition coefficient (Wildman–Crippen LogP) is 3.45. The number of hydrogen-bond donors (Lipinski definition) is 3. The van der Waals surface area contributed by atoms with E-state index in [4.69, 9.17) is 10.8 Å². The van der Waals surface area contributed by atoms with E-state index in [0.717, 1.165) is 32.1 Å². The van der Waals surface area contributed by atoms with Gasteiger partial charge in [-0.2, -0.15) is 0 Å². The molecule has 1 rings (SSSR count). The third kappa shape index (κ3) is 6.51. The summed E-state index contributed by atoms with van der Waals surface area (Å²) in [5.74, 6) is -7.15. The van der Waals surface area contributed by atoms with Gasteiger partial charge in [0.2, 0.25) is 0 Å². The van der Waals surface area contributed by atoms with Crippen LogP contribution in [-0.4, -0.2) is 34.3 Å². The number of alkyl halides is 2. The second-order valence-electron chi connectivity index (χ2n) is 7.04. The predicted molar refractivity (Wildman–Crippen MR) is 88.0 cm³/mol. The molecule has 0 bridgehead atoms. The zero-order valence-electron chi connectivity index (χ0n) is 13.9. The van der Waals surface area contributed by atoms with Gasteiger partial charge < -0.3 is 15.9 Å². The molecule has 7 heteroatoms. The molecular formula is C16H30ClF2NO3. The van der Waals surface area contributed by atoms with Crippen molar-refractivity contribution < 1.29 is 23.8 Å². The van der Waals surface area contributed by atoms with Crippen molar-refractivity contribution >= 4 is 18.4 Å². The average Bonchev–Trinajstić information content (AvgIpc) is 2.44. The smallest absolute Gasteiger partial charge is 0.312 e. The van der Waals surface area contributed by atoms with E-state index in [9.17, 15) is 18.7 Å². The summed E-state index contributed by atoms with van der Waals surface area (Å²) >= 11 is 0. The molecule has 0 aromatic rings. The summed E-state index contributed by atoms with van der Waals surface area (Å²) in [6.07, 6.45) is 3.19. The van der Waals surface area contributed by atoms with Gasteiger partial charge in [-0.05, 0) is 24.7 Å². The highest BCUT2D eigenvalue weighted by atomic mass is 35.5. The second-order valence-corrected chi connectivity index (χ2v) is 7.04. The van der Waals surface area contributed by atoms with Gasteiger partial charge in [-0.1, -0.05) is 46.0 Å². The Hall–Kier alpha value is -0.460. The summed E-state index contributed by atoms with van der Waals surface area (Å²) in [7, 11) is 0. The number of halogens is 3. The first kappa shape index (κ1) is 22.5. The van der Waals surface area contributed by atoms with Crippen LogP contribution in [0.1, 0.15) is 58.8 Å². The molecule has 0 heterocycles. The Morgan fingerprint density at radius 1 is 1.26 bits per heavy atom. The van der Waals surface area contributed by atoms with Crippen molar-refractivity contribution in [3.63, 3.8) is 0 Å². The molecule has 0 unspecified atom stereocenters. The van der Waals surface area contributed by atoms with Gasteiger partial charge in [0.1, 0.15) is 12.0 Å². The lowest BCUT2D eigenvalue weighted by Crippen LogP contribution is -2.53. The first-order valence-corrected chi connectivity index (χ1v) is 8.20. The molecule has 1 saturated carbocycles. The van der Waals surface area contributed by atoms with Crippen LogP contribution in [0.4, 0.5) is 8.78 Å². The number of rotatable bonds is 8. The molecule has 0 aromatic carbocycles. The third-order valence-corrected chi connectivity index (χ3v) is 4.60. The molecule has 0 spiro atoms. The Morgan fingerprint density at radius 3 is 2.22 bits per heavy atom. The quantitative estimate of drug-likeness (QED) is 0.621. The molecule has 1 aliphatic rings. The maximum Gasteiger partial charge on any atom is 0.312 e. The van der Waals surface area contributed by atoms with Gasteiger partial charge in [0.25, 0.3) is 5.92 Å². The van der Waals surface area contributed by atoms with E-state index in [1.165, 1.54) is 0 Å². The van der Waals surface area contributed by atoms with Crippen LogP contribution in [0.3, 0.4) is 0 Å². The number of hydrogen-bond acceptors (Lipinski definition) is 3. The van der Waals surface area contributed by atoms with Crippen molar-refractivity contribution in [1.29, 1.82) is 0 Å². The monoisotopic (exact) mass is 357 g/mol. The molecule has 4 N–H and O–H groups in total. The number of carboxylic acid groups (broad SMARTS) is 1. The summed E-state index contributed by atoms with van der Waals surface area (Å²) in [4.78, 5) is 11.2. The van der Waals surface area contributed by atoms with Gasteiger partial charge in [0.05, 0.1) is 0 Å². The lowest BCUT2D eigenvalue weighted by Gasteiger charge is -2.34. The Balaban J connectivity index is 0.00000484. The van der Waals surface area contributed by atoms with Crippen LogP contribution in [-0.2, 0) is 4.79 Å². The average molecular weight is 358 g/mol. The molecule has 0 amide bonds. The van der Waals surface area contributed by atoms with Crippen molar-refractivity contribution in [3.8, 4) is 0 Å². The summed E-state index contributed by atoms with van der Waals surface area (Å²) in [5.41, 5.74) is 5.78. The molecule has 1 fully saturated rings. The van der Waals surface area contributed by atoms with E-state index in [-0.39, 0.29) is 30.7 Å². The molecule has 1 aliphatic carbocycles. The fourth-order valence-electron chi connectivity index (χ4n) is 3.32. The summed E-state index contributed by atoms with van der Waals surface area (Å²) in [5, 5.41) is 19.0. The number of carbonyl (C=O) groups is 1.